The molecule has 0 radical (unpaired) electrons. The van der Waals surface area contributed by atoms with E-state index in [1.807, 2.05) is 0 Å². The smallest absolute Gasteiger partial charge is 0.160 e. The Hall–Kier alpha value is -9.96. The van der Waals surface area contributed by atoms with Gasteiger partial charge in [-0.05, 0) is 164 Å². The van der Waals surface area contributed by atoms with Crippen LogP contribution in [0, 0.1) is 0 Å². The van der Waals surface area contributed by atoms with Crippen LogP contribution >= 0.6 is 0 Å². The van der Waals surface area contributed by atoms with Gasteiger partial charge in [0.25, 0.3) is 0 Å². The third-order valence-electron chi connectivity index (χ3n) is 15.8. The number of aromatic nitrogens is 3. The molecule has 0 saturated carbocycles. The van der Waals surface area contributed by atoms with Gasteiger partial charge in [0, 0.05) is 33.2 Å². The maximum absolute atomic E-state index is 5.42. The average Bonchev–Trinajstić information content (AvgIpc) is 4.02. The minimum atomic E-state index is 0.671. The van der Waals surface area contributed by atoms with Crippen molar-refractivity contribution in [2.24, 2.45) is 0 Å². The maximum Gasteiger partial charge on any atom is 0.160 e. The Morgan fingerprint density at radius 2 is 0.785 bits per heavy atom. The molecule has 3 nitrogen and oxygen atoms in total. The lowest BCUT2D eigenvalue weighted by atomic mass is 9.89. The summed E-state index contributed by atoms with van der Waals surface area (Å²) in [6, 6.07) is 92.3. The molecule has 3 heteroatoms. The summed E-state index contributed by atoms with van der Waals surface area (Å²) in [4.78, 5) is 10.8. The van der Waals surface area contributed by atoms with Crippen molar-refractivity contribution in [2.75, 3.05) is 0 Å². The summed E-state index contributed by atoms with van der Waals surface area (Å²) in [6.07, 6.45) is 15.6. The first-order chi connectivity index (χ1) is 39.1. The first-order valence-electron chi connectivity index (χ1n) is 27.6. The molecule has 0 atom stereocenters. The quantitative estimate of drug-likeness (QED) is 0.129. The van der Waals surface area contributed by atoms with Crippen LogP contribution in [0.15, 0.2) is 285 Å². The Morgan fingerprint density at radius 1 is 0.316 bits per heavy atom. The zero-order valence-corrected chi connectivity index (χ0v) is 43.8. The Bertz CT molecular complexity index is 4360. The molecule has 0 unspecified atom stereocenters. The molecule has 2 aromatic heterocycles. The number of fused-ring (bicyclic) bond motifs is 3. The fourth-order valence-electron chi connectivity index (χ4n) is 11.7. The number of benzene rings is 10. The zero-order chi connectivity index (χ0) is 52.5. The number of hydrogen-bond donors (Lipinski definition) is 0. The Morgan fingerprint density at radius 3 is 1.44 bits per heavy atom. The largest absolute Gasteiger partial charge is 0.309 e. The third-order valence-corrected chi connectivity index (χ3v) is 15.8. The second-order valence-corrected chi connectivity index (χ2v) is 20.8. The van der Waals surface area contributed by atoms with E-state index < -0.39 is 0 Å². The van der Waals surface area contributed by atoms with Crippen LogP contribution < -0.4 is 0 Å². The lowest BCUT2D eigenvalue weighted by Gasteiger charge is -2.16. The Labute approximate surface area is 462 Å². The third kappa shape index (κ3) is 9.58. The van der Waals surface area contributed by atoms with Crippen molar-refractivity contribution < 1.29 is 0 Å². The second kappa shape index (κ2) is 20.9. The predicted octanol–water partition coefficient (Wildman–Crippen LogP) is 20.2. The molecule has 0 amide bonds. The molecule has 0 fully saturated rings. The van der Waals surface area contributed by atoms with Crippen molar-refractivity contribution in [3.05, 3.63) is 302 Å². The van der Waals surface area contributed by atoms with Crippen molar-refractivity contribution >= 4 is 38.5 Å². The molecule has 12 aromatic rings. The fraction of sp³-hybridized carbons (Fsp3) is 0.0526. The van der Waals surface area contributed by atoms with Crippen molar-refractivity contribution in [1.29, 1.82) is 0 Å². The standard InChI is InChI=1S/C76H55N3/c1-3-18-52(19-4-1)56-22-11-25-59(44-56)61-27-13-24-58(46-61)54-40-42-55(43-41-54)72-51-73(67-33-15-30-64(48-67)63-29-14-28-62(47-63)60-26-12-23-57(45-60)53-20-5-2-6-21-53)78-76(77-72)68-34-16-31-65(49-68)66-32-17-35-69(50-66)79-74-38-9-7-36-70(74)71-37-8-10-39-75(71)79/h1-3,5-11,13-18,20-22,24-51H,4,12,19,23H2. The molecule has 0 bridgehead atoms. The summed E-state index contributed by atoms with van der Waals surface area (Å²) >= 11 is 0. The molecule has 2 aliphatic rings. The molecular weight excluding hydrogens is 955 g/mol. The van der Waals surface area contributed by atoms with Gasteiger partial charge in [0.1, 0.15) is 0 Å². The molecule has 14 rings (SSSR count). The van der Waals surface area contributed by atoms with Crippen molar-refractivity contribution in [2.45, 2.75) is 25.7 Å². The van der Waals surface area contributed by atoms with E-state index in [4.69, 9.17) is 9.97 Å². The van der Waals surface area contributed by atoms with Gasteiger partial charge in [-0.1, -0.05) is 225 Å². The molecule has 0 N–H and O–H groups in total. The van der Waals surface area contributed by atoms with Gasteiger partial charge < -0.3 is 4.57 Å². The minimum Gasteiger partial charge on any atom is -0.309 e. The summed E-state index contributed by atoms with van der Waals surface area (Å²) in [5, 5.41) is 2.49. The number of nitrogens with zero attached hydrogens (tertiary/aromatic N) is 3. The summed E-state index contributed by atoms with van der Waals surface area (Å²) < 4.78 is 2.38. The molecule has 2 aliphatic carbocycles. The highest BCUT2D eigenvalue weighted by Gasteiger charge is 2.17. The van der Waals surface area contributed by atoms with E-state index in [1.54, 1.807) is 0 Å². The molecule has 374 valence electrons. The summed E-state index contributed by atoms with van der Waals surface area (Å²) in [6.45, 7) is 0. The van der Waals surface area contributed by atoms with Crippen LogP contribution in [0.25, 0.3) is 123 Å². The van der Waals surface area contributed by atoms with Gasteiger partial charge in [0.2, 0.25) is 0 Å². The number of allylic oxidation sites excluding steroid dienone is 8. The van der Waals surface area contributed by atoms with E-state index in [2.05, 4.69) is 290 Å². The summed E-state index contributed by atoms with van der Waals surface area (Å²) in [7, 11) is 0. The summed E-state index contributed by atoms with van der Waals surface area (Å²) in [5.74, 6) is 0.671. The van der Waals surface area contributed by atoms with Crippen molar-refractivity contribution in [3.63, 3.8) is 0 Å². The van der Waals surface area contributed by atoms with Crippen LogP contribution in [0.1, 0.15) is 42.4 Å². The number of rotatable bonds is 11. The van der Waals surface area contributed by atoms with E-state index in [9.17, 15) is 0 Å². The van der Waals surface area contributed by atoms with Gasteiger partial charge in [-0.15, -0.1) is 0 Å². The molecule has 10 aromatic carbocycles. The van der Waals surface area contributed by atoms with Crippen molar-refractivity contribution in [3.8, 4) is 84.1 Å². The van der Waals surface area contributed by atoms with Gasteiger partial charge in [0.15, 0.2) is 5.82 Å². The van der Waals surface area contributed by atoms with E-state index in [-0.39, 0.29) is 0 Å². The number of hydrogen-bond acceptors (Lipinski definition) is 2. The molecule has 2 heterocycles. The monoisotopic (exact) mass is 1010 g/mol. The predicted molar refractivity (Wildman–Crippen MR) is 332 cm³/mol. The first-order valence-corrected chi connectivity index (χ1v) is 27.6. The molecular formula is C76H55N3. The Balaban J connectivity index is 0.830. The van der Waals surface area contributed by atoms with Crippen LogP contribution in [0.2, 0.25) is 0 Å². The molecule has 0 saturated heterocycles. The summed E-state index contributed by atoms with van der Waals surface area (Å²) in [5.41, 5.74) is 25.3. The van der Waals surface area contributed by atoms with Gasteiger partial charge in [-0.25, -0.2) is 9.97 Å². The molecule has 0 aliphatic heterocycles. The van der Waals surface area contributed by atoms with Crippen LogP contribution in [-0.4, -0.2) is 14.5 Å². The van der Waals surface area contributed by atoms with E-state index in [0.29, 0.717) is 5.82 Å². The zero-order valence-electron chi connectivity index (χ0n) is 43.8. The van der Waals surface area contributed by atoms with Crippen LogP contribution in [-0.2, 0) is 0 Å². The lowest BCUT2D eigenvalue weighted by Crippen LogP contribution is -1.97. The van der Waals surface area contributed by atoms with Gasteiger partial charge in [-0.2, -0.15) is 0 Å². The number of para-hydroxylation sites is 2. The molecule has 0 spiro atoms. The normalized spacial score (nSPS) is 13.3. The van der Waals surface area contributed by atoms with Gasteiger partial charge in [0.05, 0.1) is 22.4 Å². The minimum absolute atomic E-state index is 0.671. The topological polar surface area (TPSA) is 30.7 Å². The van der Waals surface area contributed by atoms with Crippen LogP contribution in [0.3, 0.4) is 0 Å². The second-order valence-electron chi connectivity index (χ2n) is 20.8. The van der Waals surface area contributed by atoms with Crippen LogP contribution in [0.5, 0.6) is 0 Å². The maximum atomic E-state index is 5.42. The highest BCUT2D eigenvalue weighted by molar-refractivity contribution is 6.09. The molecule has 79 heavy (non-hydrogen) atoms. The fourth-order valence-corrected chi connectivity index (χ4v) is 11.7. The first kappa shape index (κ1) is 47.5. The highest BCUT2D eigenvalue weighted by atomic mass is 15.0. The van der Waals surface area contributed by atoms with Gasteiger partial charge in [-0.3, -0.25) is 0 Å². The average molecular weight is 1010 g/mol. The van der Waals surface area contributed by atoms with Crippen molar-refractivity contribution in [1.82, 2.24) is 14.5 Å². The van der Waals surface area contributed by atoms with E-state index >= 15 is 0 Å². The lowest BCUT2D eigenvalue weighted by molar-refractivity contribution is 1.05. The van der Waals surface area contributed by atoms with E-state index in [0.717, 1.165) is 87.3 Å². The van der Waals surface area contributed by atoms with Gasteiger partial charge >= 0.3 is 0 Å². The SMILES string of the molecule is C1=CCCC(c2cccc(-c3cccc(-c4ccc(-c5cc(-c6cccc(-c7cccc(C8=CCCC(c9ccccc9)=C8)c7)c6)nc(-c6cccc(-c7cccc(-n8c9ccccc9c9ccccc98)c7)c6)n5)cc4)c3)c2)=C1. The van der Waals surface area contributed by atoms with E-state index in [1.165, 1.54) is 71.9 Å². The highest BCUT2D eigenvalue weighted by Crippen LogP contribution is 2.38. The van der Waals surface area contributed by atoms with Crippen LogP contribution in [0.4, 0.5) is 0 Å². The Kier molecular flexibility index (Phi) is 12.5.